The third-order valence-corrected chi connectivity index (χ3v) is 7.38. The highest BCUT2D eigenvalue weighted by molar-refractivity contribution is 6.62. The van der Waals surface area contributed by atoms with Crippen molar-refractivity contribution in [2.24, 2.45) is 17.3 Å². The first-order valence-corrected chi connectivity index (χ1v) is 11.0. The van der Waals surface area contributed by atoms with Gasteiger partial charge in [0.2, 0.25) is 0 Å². The zero-order valence-electron chi connectivity index (χ0n) is 19.1. The summed E-state index contributed by atoms with van der Waals surface area (Å²) < 4.78 is 12.3. The predicted octanol–water partition coefficient (Wildman–Crippen LogP) is 5.01. The van der Waals surface area contributed by atoms with Crippen LogP contribution in [0.25, 0.3) is 0 Å². The van der Waals surface area contributed by atoms with Crippen LogP contribution in [0.4, 0.5) is 0 Å². The van der Waals surface area contributed by atoms with E-state index in [2.05, 4.69) is 52.0 Å². The largest absolute Gasteiger partial charge is 0.494 e. The van der Waals surface area contributed by atoms with Crippen molar-refractivity contribution in [1.82, 2.24) is 0 Å². The van der Waals surface area contributed by atoms with Crippen LogP contribution in [0.3, 0.4) is 0 Å². The van der Waals surface area contributed by atoms with E-state index < -0.39 is 5.97 Å². The number of carbonyl (C=O) groups is 1. The monoisotopic (exact) mass is 400 g/mol. The van der Waals surface area contributed by atoms with Crippen molar-refractivity contribution >= 4 is 18.6 Å². The zero-order valence-corrected chi connectivity index (χ0v) is 19.1. The Morgan fingerprint density at radius 1 is 1.00 bits per heavy atom. The van der Waals surface area contributed by atoms with E-state index in [9.17, 15) is 9.90 Å². The van der Waals surface area contributed by atoms with Gasteiger partial charge in [0.15, 0.2) is 0 Å². The molecule has 0 aromatic heterocycles. The molecule has 1 saturated carbocycles. The smallest absolute Gasteiger partial charge is 0.481 e. The molecule has 1 unspecified atom stereocenters. The van der Waals surface area contributed by atoms with Gasteiger partial charge in [0, 0.05) is 0 Å². The second-order valence-electron chi connectivity index (χ2n) is 11.0. The van der Waals surface area contributed by atoms with Crippen molar-refractivity contribution in [2.75, 3.05) is 0 Å². The molecule has 1 atom stereocenters. The van der Waals surface area contributed by atoms with Crippen LogP contribution in [0.5, 0.6) is 0 Å². The summed E-state index contributed by atoms with van der Waals surface area (Å²) in [4.78, 5) is 11.8. The minimum absolute atomic E-state index is 0.201. The molecule has 3 rings (SSSR count). The third-order valence-electron chi connectivity index (χ3n) is 7.38. The van der Waals surface area contributed by atoms with E-state index in [0.717, 1.165) is 31.1 Å². The molecule has 2 aliphatic rings. The van der Waals surface area contributed by atoms with E-state index in [4.69, 9.17) is 9.31 Å². The van der Waals surface area contributed by atoms with Gasteiger partial charge >= 0.3 is 13.1 Å². The van der Waals surface area contributed by atoms with Crippen LogP contribution in [0.1, 0.15) is 85.6 Å². The van der Waals surface area contributed by atoms with Crippen LogP contribution in [0, 0.1) is 17.3 Å². The van der Waals surface area contributed by atoms with Gasteiger partial charge in [0.25, 0.3) is 0 Å². The number of carboxylic acid groups (broad SMARTS) is 1. The van der Waals surface area contributed by atoms with Gasteiger partial charge in [0.1, 0.15) is 0 Å². The van der Waals surface area contributed by atoms with Gasteiger partial charge in [-0.3, -0.25) is 4.79 Å². The molecule has 0 amide bonds. The maximum Gasteiger partial charge on any atom is 0.494 e. The summed E-state index contributed by atoms with van der Waals surface area (Å²) in [6.45, 7) is 14.4. The highest BCUT2D eigenvalue weighted by atomic mass is 16.7. The summed E-state index contributed by atoms with van der Waals surface area (Å²) in [6, 6.07) is 8.64. The fourth-order valence-electron chi connectivity index (χ4n) is 4.97. The minimum atomic E-state index is -0.646. The van der Waals surface area contributed by atoms with E-state index in [0.29, 0.717) is 5.92 Å². The first kappa shape index (κ1) is 22.4. The van der Waals surface area contributed by atoms with Crippen LogP contribution >= 0.6 is 0 Å². The van der Waals surface area contributed by atoms with Gasteiger partial charge in [-0.2, -0.15) is 0 Å². The lowest BCUT2D eigenvalue weighted by atomic mass is 9.66. The van der Waals surface area contributed by atoms with Crippen LogP contribution in [0.2, 0.25) is 0 Å². The Kier molecular flexibility index (Phi) is 5.97. The lowest BCUT2D eigenvalue weighted by molar-refractivity contribution is -0.149. The summed E-state index contributed by atoms with van der Waals surface area (Å²) in [6.07, 6.45) is 4.08. The molecule has 160 valence electrons. The van der Waals surface area contributed by atoms with E-state index in [1.165, 1.54) is 5.56 Å². The van der Waals surface area contributed by atoms with Gasteiger partial charge < -0.3 is 14.4 Å². The van der Waals surface area contributed by atoms with Gasteiger partial charge in [-0.1, -0.05) is 45.0 Å². The molecular formula is C24H37BO4. The molecule has 1 saturated heterocycles. The molecule has 5 heteroatoms. The van der Waals surface area contributed by atoms with Crippen molar-refractivity contribution in [3.05, 3.63) is 29.8 Å². The molecule has 29 heavy (non-hydrogen) atoms. The summed E-state index contributed by atoms with van der Waals surface area (Å²) >= 11 is 0. The Labute approximate surface area is 176 Å². The first-order valence-electron chi connectivity index (χ1n) is 11.0. The van der Waals surface area contributed by atoms with Crippen molar-refractivity contribution in [3.8, 4) is 0 Å². The van der Waals surface area contributed by atoms with Crippen molar-refractivity contribution < 1.29 is 19.2 Å². The number of rotatable bonds is 4. The molecule has 2 fully saturated rings. The van der Waals surface area contributed by atoms with Gasteiger partial charge in [-0.15, -0.1) is 0 Å². The summed E-state index contributed by atoms with van der Waals surface area (Å²) in [5.41, 5.74) is 1.53. The van der Waals surface area contributed by atoms with Crippen molar-refractivity contribution in [3.63, 3.8) is 0 Å². The van der Waals surface area contributed by atoms with E-state index in [1.807, 2.05) is 20.8 Å². The summed E-state index contributed by atoms with van der Waals surface area (Å²) in [7, 11) is -0.326. The fourth-order valence-corrected chi connectivity index (χ4v) is 4.97. The lowest BCUT2D eigenvalue weighted by Crippen LogP contribution is -2.41. The number of aliphatic carboxylic acids is 1. The van der Waals surface area contributed by atoms with Crippen molar-refractivity contribution in [1.29, 1.82) is 0 Å². The Hall–Kier alpha value is -1.33. The average molecular weight is 400 g/mol. The Morgan fingerprint density at radius 2 is 1.48 bits per heavy atom. The molecule has 1 N–H and O–H groups in total. The van der Waals surface area contributed by atoms with Crippen LogP contribution in [0.15, 0.2) is 24.3 Å². The lowest BCUT2D eigenvalue weighted by Gasteiger charge is -2.38. The second kappa shape index (κ2) is 7.74. The maximum absolute atomic E-state index is 11.8. The number of hydrogen-bond donors (Lipinski definition) is 1. The molecule has 0 radical (unpaired) electrons. The van der Waals surface area contributed by atoms with Gasteiger partial charge in [-0.25, -0.2) is 0 Å². The summed E-state index contributed by atoms with van der Waals surface area (Å²) in [5, 5.41) is 9.73. The van der Waals surface area contributed by atoms with E-state index >= 15 is 0 Å². The quantitative estimate of drug-likeness (QED) is 0.723. The average Bonchev–Trinajstić information content (AvgIpc) is 2.82. The molecule has 0 spiro atoms. The van der Waals surface area contributed by atoms with Gasteiger partial charge in [-0.05, 0) is 81.7 Å². The molecular weight excluding hydrogens is 363 g/mol. The number of benzene rings is 1. The topological polar surface area (TPSA) is 55.8 Å². The molecule has 1 aromatic carbocycles. The van der Waals surface area contributed by atoms with Crippen molar-refractivity contribution in [2.45, 2.75) is 91.3 Å². The Morgan fingerprint density at radius 3 is 1.90 bits per heavy atom. The molecule has 4 nitrogen and oxygen atoms in total. The second-order valence-corrected chi connectivity index (χ2v) is 11.0. The maximum atomic E-state index is 11.8. The summed E-state index contributed by atoms with van der Waals surface area (Å²) in [5.74, 6) is -0.136. The minimum Gasteiger partial charge on any atom is -0.481 e. The van der Waals surface area contributed by atoms with Crippen LogP contribution in [-0.2, 0) is 14.1 Å². The SMILES string of the molecule is CC(C)(C)C(C(=O)O)C1CCC(c2ccc(B3OC(C)(C)C(C)(C)O3)cc2)CC1. The fraction of sp³-hybridized carbons (Fsp3) is 0.708. The highest BCUT2D eigenvalue weighted by Gasteiger charge is 2.51. The van der Waals surface area contributed by atoms with Crippen LogP contribution in [-0.4, -0.2) is 29.4 Å². The Balaban J connectivity index is 1.63. The molecule has 1 aliphatic heterocycles. The molecule has 0 bridgehead atoms. The molecule has 1 heterocycles. The first-order chi connectivity index (χ1) is 13.3. The van der Waals surface area contributed by atoms with Crippen LogP contribution < -0.4 is 5.46 Å². The van der Waals surface area contributed by atoms with E-state index in [-0.39, 0.29) is 35.6 Å². The standard InChI is InChI=1S/C24H37BO4/c1-22(2,3)20(21(26)27)18-10-8-16(9-11-18)17-12-14-19(15-13-17)25-28-23(4,5)24(6,7)29-25/h12-16,18,20H,8-11H2,1-7H3,(H,26,27). The zero-order chi connectivity index (χ0) is 21.6. The number of hydrogen-bond acceptors (Lipinski definition) is 3. The molecule has 1 aromatic rings. The third kappa shape index (κ3) is 4.56. The molecule has 1 aliphatic carbocycles. The Bertz CT molecular complexity index is 708. The van der Waals surface area contributed by atoms with E-state index in [1.54, 1.807) is 0 Å². The normalized spacial score (nSPS) is 27.6. The van der Waals surface area contributed by atoms with Gasteiger partial charge in [0.05, 0.1) is 17.1 Å². The number of carboxylic acids is 1. The highest BCUT2D eigenvalue weighted by Crippen LogP contribution is 2.44. The predicted molar refractivity (Wildman–Crippen MR) is 117 cm³/mol.